The van der Waals surface area contributed by atoms with Gasteiger partial charge in [-0.3, -0.25) is 9.59 Å². The van der Waals surface area contributed by atoms with Crippen molar-refractivity contribution in [2.45, 2.75) is 109 Å². The van der Waals surface area contributed by atoms with Gasteiger partial charge in [0.2, 0.25) is 5.91 Å². The fraction of sp³-hybridized carbons (Fsp3) is 0.426. The van der Waals surface area contributed by atoms with E-state index in [0.717, 1.165) is 33.4 Å². The van der Waals surface area contributed by atoms with E-state index >= 15 is 0 Å². The van der Waals surface area contributed by atoms with Crippen LogP contribution in [0, 0.1) is 0 Å². The second kappa shape index (κ2) is 23.8. The molecule has 4 aromatic rings. The summed E-state index contributed by atoms with van der Waals surface area (Å²) in [5.41, 5.74) is 4.45. The third-order valence-electron chi connectivity index (χ3n) is 12.9. The molecule has 1 unspecified atom stereocenters. The summed E-state index contributed by atoms with van der Waals surface area (Å²) in [6.07, 6.45) is 2.60. The molecule has 0 saturated carbocycles. The molecule has 6 rings (SSSR count). The monoisotopic (exact) mass is 963 g/mol. The van der Waals surface area contributed by atoms with Crippen molar-refractivity contribution < 1.29 is 53.1 Å². The molecule has 4 aromatic carbocycles. The van der Waals surface area contributed by atoms with Gasteiger partial charge in [0.05, 0.1) is 50.3 Å². The highest BCUT2D eigenvalue weighted by Gasteiger charge is 2.50. The number of ether oxygens (including phenoxy) is 4. The maximum absolute atomic E-state index is 14.3. The van der Waals surface area contributed by atoms with E-state index in [-0.39, 0.29) is 68.5 Å². The summed E-state index contributed by atoms with van der Waals surface area (Å²) in [7, 11) is -2.48. The summed E-state index contributed by atoms with van der Waals surface area (Å²) >= 11 is 0. The fourth-order valence-corrected chi connectivity index (χ4v) is 9.44. The van der Waals surface area contributed by atoms with E-state index in [0.29, 0.717) is 43.9 Å². The van der Waals surface area contributed by atoms with Crippen LogP contribution in [0.5, 0.6) is 5.75 Å². The Morgan fingerprint density at radius 1 is 0.884 bits per heavy atom. The van der Waals surface area contributed by atoms with Gasteiger partial charge in [-0.2, -0.15) is 0 Å². The van der Waals surface area contributed by atoms with Gasteiger partial charge in [0.15, 0.2) is 14.5 Å². The maximum atomic E-state index is 14.3. The molecule has 14 nitrogen and oxygen atoms in total. The average molecular weight is 964 g/mol. The molecule has 4 N–H and O–H groups in total. The smallest absolute Gasteiger partial charge is 0.416 e. The zero-order valence-corrected chi connectivity index (χ0v) is 41.8. The number of amides is 3. The summed E-state index contributed by atoms with van der Waals surface area (Å²) < 4.78 is 31.2. The maximum Gasteiger partial charge on any atom is 0.416 e. The summed E-state index contributed by atoms with van der Waals surface area (Å²) in [6.45, 7) is 16.9. The van der Waals surface area contributed by atoms with Gasteiger partial charge in [0.25, 0.3) is 5.91 Å². The molecule has 2 heterocycles. The summed E-state index contributed by atoms with van der Waals surface area (Å²) in [4.78, 5) is 44.0. The topological polar surface area (TPSA) is 177 Å². The Labute approximate surface area is 407 Å². The molecule has 370 valence electrons. The summed E-state index contributed by atoms with van der Waals surface area (Å²) in [5.74, 6) is -0.00489. The van der Waals surface area contributed by atoms with E-state index < -0.39 is 38.4 Å². The highest BCUT2D eigenvalue weighted by atomic mass is 28.4. The molecule has 0 saturated heterocycles. The van der Waals surface area contributed by atoms with Crippen molar-refractivity contribution in [1.82, 2.24) is 10.2 Å². The Bertz CT molecular complexity index is 2340. The van der Waals surface area contributed by atoms with Crippen molar-refractivity contribution in [3.63, 3.8) is 0 Å². The molecular weight excluding hydrogens is 895 g/mol. The van der Waals surface area contributed by atoms with E-state index in [9.17, 15) is 29.7 Å². The number of hydrogen-bond donors (Lipinski definition) is 4. The van der Waals surface area contributed by atoms with Crippen molar-refractivity contribution in [1.29, 1.82) is 0 Å². The molecule has 3 atom stereocenters. The van der Waals surface area contributed by atoms with Crippen molar-refractivity contribution in [2.75, 3.05) is 44.5 Å². The van der Waals surface area contributed by atoms with Crippen LogP contribution in [0.3, 0.4) is 0 Å². The number of carbonyl (C=O) groups is 3. The van der Waals surface area contributed by atoms with E-state index in [2.05, 4.69) is 45.8 Å². The van der Waals surface area contributed by atoms with E-state index in [1.807, 2.05) is 92.0 Å². The molecule has 2 aliphatic heterocycles. The van der Waals surface area contributed by atoms with Gasteiger partial charge < -0.3 is 48.9 Å². The van der Waals surface area contributed by atoms with Crippen molar-refractivity contribution in [3.8, 4) is 5.75 Å². The number of hydrogen-bond acceptors (Lipinski definition) is 11. The molecule has 0 aromatic heterocycles. The second-order valence-corrected chi connectivity index (χ2v) is 23.9. The number of rotatable bonds is 23. The molecular formula is C54H69N3O11Si. The highest BCUT2D eigenvalue weighted by Crippen LogP contribution is 2.44. The predicted octanol–water partition coefficient (Wildman–Crippen LogP) is 8.33. The van der Waals surface area contributed by atoms with Gasteiger partial charge in [0, 0.05) is 25.8 Å². The van der Waals surface area contributed by atoms with Crippen LogP contribution in [0.15, 0.2) is 121 Å². The van der Waals surface area contributed by atoms with Gasteiger partial charge in [0.1, 0.15) is 24.1 Å². The lowest BCUT2D eigenvalue weighted by Gasteiger charge is -2.44. The normalized spacial score (nSPS) is 16.5. The minimum absolute atomic E-state index is 0.00798. The summed E-state index contributed by atoms with van der Waals surface area (Å²) in [6, 6.07) is 29.3. The van der Waals surface area contributed by atoms with Crippen LogP contribution < -0.4 is 15.0 Å². The lowest BCUT2D eigenvalue weighted by Crippen LogP contribution is -2.57. The van der Waals surface area contributed by atoms with E-state index in [1.54, 1.807) is 23.1 Å². The van der Waals surface area contributed by atoms with E-state index in [1.165, 1.54) is 11.0 Å². The number of anilines is 1. The number of nitrogens with zero attached hydrogens (tertiary/aromatic N) is 2. The van der Waals surface area contributed by atoms with Gasteiger partial charge in [-0.05, 0) is 90.3 Å². The zero-order valence-electron chi connectivity index (χ0n) is 40.8. The van der Waals surface area contributed by atoms with Gasteiger partial charge in [-0.25, -0.2) is 9.69 Å². The fourth-order valence-electron chi connectivity index (χ4n) is 8.22. The van der Waals surface area contributed by atoms with Gasteiger partial charge >= 0.3 is 6.09 Å². The van der Waals surface area contributed by atoms with Crippen LogP contribution in [0.25, 0.3) is 0 Å². The Morgan fingerprint density at radius 3 is 2.13 bits per heavy atom. The lowest BCUT2D eigenvalue weighted by atomic mass is 9.79. The van der Waals surface area contributed by atoms with Crippen molar-refractivity contribution in [3.05, 3.63) is 155 Å². The van der Waals surface area contributed by atoms with Crippen LogP contribution in [0.1, 0.15) is 91.6 Å². The number of nitrogens with one attached hydrogen (secondary N) is 1. The van der Waals surface area contributed by atoms with Crippen LogP contribution in [0.4, 0.5) is 10.5 Å². The Morgan fingerprint density at radius 2 is 1.52 bits per heavy atom. The molecule has 0 bridgehead atoms. The largest absolute Gasteiger partial charge is 0.494 e. The van der Waals surface area contributed by atoms with Crippen LogP contribution in [-0.2, 0) is 42.2 Å². The minimum atomic E-state index is -2.48. The highest BCUT2D eigenvalue weighted by molar-refractivity contribution is 6.74. The van der Waals surface area contributed by atoms with Crippen LogP contribution in [-0.4, -0.2) is 104 Å². The molecule has 0 radical (unpaired) electrons. The number of fused-ring (bicyclic) bond motifs is 2. The minimum Gasteiger partial charge on any atom is -0.494 e. The number of carbonyl (C=O) groups excluding carboxylic acids is 3. The van der Waals surface area contributed by atoms with Gasteiger partial charge in [-0.15, -0.1) is 0 Å². The number of aliphatic hydroxyl groups is 3. The molecule has 0 spiro atoms. The number of benzene rings is 4. The molecule has 0 fully saturated rings. The van der Waals surface area contributed by atoms with E-state index in [4.69, 9.17) is 23.4 Å². The lowest BCUT2D eigenvalue weighted by molar-refractivity contribution is -0.121. The second-order valence-electron chi connectivity index (χ2n) is 19.1. The quantitative estimate of drug-likeness (QED) is 0.0243. The Hall–Kier alpha value is -5.65. The first-order valence-electron chi connectivity index (χ1n) is 23.7. The third kappa shape index (κ3) is 12.8. The predicted molar refractivity (Wildman–Crippen MR) is 267 cm³/mol. The molecule has 0 aliphatic carbocycles. The Balaban J connectivity index is 0.995. The zero-order chi connectivity index (χ0) is 49.8. The molecule has 2 aliphatic rings. The summed E-state index contributed by atoms with van der Waals surface area (Å²) in [5, 5.41) is 33.3. The SMILES string of the molecule is C=CCOC(=O)N1c2ccc(OCCCC(=O)NCCCOCC(O)COC(c3ccccc3)(c3ccc(CO)cc3)c3ccc(CO)cc3)cc2C(=O)N2C=C(C)C[C@H]2[C@@H]1O[Si](C)(C)C(C)(C)C. The third-order valence-corrected chi connectivity index (χ3v) is 17.4. The molecule has 3 amide bonds. The van der Waals surface area contributed by atoms with Crippen LogP contribution in [0.2, 0.25) is 18.1 Å². The molecule has 69 heavy (non-hydrogen) atoms. The van der Waals surface area contributed by atoms with Crippen molar-refractivity contribution >= 4 is 31.9 Å². The average Bonchev–Trinajstić information content (AvgIpc) is 3.71. The number of aliphatic hydroxyl groups excluding tert-OH is 3. The first-order valence-corrected chi connectivity index (χ1v) is 26.6. The molecule has 15 heteroatoms. The standard InChI is InChI=1S/C54H69N3O11Si/c1-8-28-66-52(63)57-47-26-25-45(32-46(47)50(62)56-33-38(2)31-48(56)51(57)68-69(6,7)53(3,4)5)65-30-12-16-49(61)55-27-13-29-64-36-44(60)37-67-54(41-14-10-9-11-15-41,42-21-17-39(34-58)18-22-42)43-23-19-40(35-59)20-24-43/h8-11,14-15,17-26,32-33,44,48,51,58-60H,1,12-13,16,27-31,34-37H2,2-7H3,(H,55,61)/t44?,48-,51-/m0/s1. The first-order chi connectivity index (χ1) is 33.0. The van der Waals surface area contributed by atoms with Crippen molar-refractivity contribution in [2.24, 2.45) is 0 Å². The first kappa shape index (κ1) is 52.7. The van der Waals surface area contributed by atoms with Crippen LogP contribution >= 0.6 is 0 Å². The Kier molecular flexibility index (Phi) is 18.2. The van der Waals surface area contributed by atoms with Gasteiger partial charge in [-0.1, -0.05) is 118 Å².